The van der Waals surface area contributed by atoms with Crippen molar-refractivity contribution in [3.8, 4) is 11.1 Å². The molecule has 1 fully saturated rings. The van der Waals surface area contributed by atoms with Crippen LogP contribution >= 0.6 is 0 Å². The fourth-order valence-corrected chi connectivity index (χ4v) is 4.80. The molecule has 4 rings (SSSR count). The van der Waals surface area contributed by atoms with E-state index < -0.39 is 23.5 Å². The molecular formula is C26H30N2O5. The molecule has 0 saturated carbocycles. The van der Waals surface area contributed by atoms with Gasteiger partial charge in [-0.2, -0.15) is 0 Å². The van der Waals surface area contributed by atoms with Crippen molar-refractivity contribution < 1.29 is 24.2 Å². The fourth-order valence-electron chi connectivity index (χ4n) is 4.80. The van der Waals surface area contributed by atoms with Crippen molar-refractivity contribution in [2.24, 2.45) is 11.3 Å². The van der Waals surface area contributed by atoms with Gasteiger partial charge in [-0.3, -0.25) is 9.59 Å². The smallest absolute Gasteiger partial charge is 0.407 e. The van der Waals surface area contributed by atoms with Crippen LogP contribution in [0.1, 0.15) is 44.2 Å². The number of likely N-dealkylation sites (tertiary alicyclic amines) is 1. The second-order valence-electron chi connectivity index (χ2n) is 9.57. The van der Waals surface area contributed by atoms with Crippen molar-refractivity contribution in [2.45, 2.75) is 39.2 Å². The van der Waals surface area contributed by atoms with Crippen LogP contribution in [0.5, 0.6) is 0 Å². The molecule has 2 atom stereocenters. The maximum Gasteiger partial charge on any atom is 0.407 e. The summed E-state index contributed by atoms with van der Waals surface area (Å²) in [6.07, 6.45) is -0.256. The van der Waals surface area contributed by atoms with E-state index in [1.54, 1.807) is 6.92 Å². The number of carbonyl (C=O) groups is 3. The summed E-state index contributed by atoms with van der Waals surface area (Å²) in [6, 6.07) is 15.4. The molecule has 1 saturated heterocycles. The van der Waals surface area contributed by atoms with Gasteiger partial charge in [0.15, 0.2) is 0 Å². The van der Waals surface area contributed by atoms with Crippen LogP contribution in [0.3, 0.4) is 0 Å². The van der Waals surface area contributed by atoms with E-state index in [-0.39, 0.29) is 30.9 Å². The van der Waals surface area contributed by atoms with Crippen molar-refractivity contribution in [1.29, 1.82) is 0 Å². The summed E-state index contributed by atoms with van der Waals surface area (Å²) in [7, 11) is 0. The standard InChI is InChI=1S/C26H30N2O5/c1-16(2)22(23(29)28-13-12-26(3,15-28)24(30)31)27-25(32)33-14-21-19-10-6-4-8-17(19)18-9-5-7-11-20(18)21/h4-11,16,21-22H,12-15H2,1-3H3,(H,27,32)(H,30,31). The third-order valence-corrected chi connectivity index (χ3v) is 6.85. The Morgan fingerprint density at radius 1 is 1.09 bits per heavy atom. The SMILES string of the molecule is CC(C)C(NC(=O)OCC1c2ccccc2-c2ccccc21)C(=O)N1CCC(C)(C(=O)O)C1. The van der Waals surface area contributed by atoms with E-state index in [0.29, 0.717) is 13.0 Å². The molecule has 174 valence electrons. The average Bonchev–Trinajstić information content (AvgIpc) is 3.35. The zero-order valence-electron chi connectivity index (χ0n) is 19.2. The number of fused-ring (bicyclic) bond motifs is 3. The average molecular weight is 451 g/mol. The first-order valence-corrected chi connectivity index (χ1v) is 11.3. The Morgan fingerprint density at radius 2 is 1.67 bits per heavy atom. The highest BCUT2D eigenvalue weighted by atomic mass is 16.5. The summed E-state index contributed by atoms with van der Waals surface area (Å²) in [5.74, 6) is -1.42. The molecule has 2 aromatic carbocycles. The molecule has 1 heterocycles. The highest BCUT2D eigenvalue weighted by molar-refractivity contribution is 5.87. The van der Waals surface area contributed by atoms with E-state index in [9.17, 15) is 19.5 Å². The van der Waals surface area contributed by atoms with Gasteiger partial charge in [-0.15, -0.1) is 0 Å². The Balaban J connectivity index is 1.42. The van der Waals surface area contributed by atoms with Gasteiger partial charge >= 0.3 is 12.1 Å². The Kier molecular flexibility index (Phi) is 6.15. The van der Waals surface area contributed by atoms with E-state index in [0.717, 1.165) is 22.3 Å². The van der Waals surface area contributed by atoms with Gasteiger partial charge in [0.25, 0.3) is 0 Å². The Bertz CT molecular complexity index is 1040. The van der Waals surface area contributed by atoms with Crippen molar-refractivity contribution in [2.75, 3.05) is 19.7 Å². The Hall–Kier alpha value is -3.35. The van der Waals surface area contributed by atoms with Crippen LogP contribution in [0.25, 0.3) is 11.1 Å². The number of benzene rings is 2. The number of hydrogen-bond acceptors (Lipinski definition) is 4. The zero-order valence-corrected chi connectivity index (χ0v) is 19.2. The van der Waals surface area contributed by atoms with Gasteiger partial charge in [-0.25, -0.2) is 4.79 Å². The maximum absolute atomic E-state index is 13.1. The number of alkyl carbamates (subject to hydrolysis) is 1. The Labute approximate surface area is 193 Å². The first kappa shape index (κ1) is 22.8. The number of carboxylic acids is 1. The minimum absolute atomic E-state index is 0.0637. The predicted octanol–water partition coefficient (Wildman–Crippen LogP) is 3.87. The van der Waals surface area contributed by atoms with Gasteiger partial charge in [0.1, 0.15) is 12.6 Å². The molecule has 7 heteroatoms. The van der Waals surface area contributed by atoms with Crippen molar-refractivity contribution in [1.82, 2.24) is 10.2 Å². The minimum Gasteiger partial charge on any atom is -0.481 e. The van der Waals surface area contributed by atoms with E-state index in [1.807, 2.05) is 38.1 Å². The third kappa shape index (κ3) is 4.32. The van der Waals surface area contributed by atoms with Crippen molar-refractivity contribution in [3.05, 3.63) is 59.7 Å². The molecule has 0 aromatic heterocycles. The lowest BCUT2D eigenvalue weighted by molar-refractivity contribution is -0.147. The summed E-state index contributed by atoms with van der Waals surface area (Å²) in [5, 5.41) is 12.2. The van der Waals surface area contributed by atoms with Gasteiger partial charge in [0.2, 0.25) is 5.91 Å². The first-order chi connectivity index (χ1) is 15.7. The van der Waals surface area contributed by atoms with Gasteiger partial charge < -0.3 is 20.1 Å². The van der Waals surface area contributed by atoms with E-state index in [2.05, 4.69) is 29.6 Å². The second kappa shape index (κ2) is 8.89. The largest absolute Gasteiger partial charge is 0.481 e. The van der Waals surface area contributed by atoms with Crippen LogP contribution in [0.2, 0.25) is 0 Å². The molecule has 2 aromatic rings. The van der Waals surface area contributed by atoms with Crippen molar-refractivity contribution in [3.63, 3.8) is 0 Å². The summed E-state index contributed by atoms with van der Waals surface area (Å²) in [5.41, 5.74) is 3.57. The number of aliphatic carboxylic acids is 1. The monoisotopic (exact) mass is 450 g/mol. The van der Waals surface area contributed by atoms with E-state index >= 15 is 0 Å². The molecule has 0 bridgehead atoms. The molecule has 2 amide bonds. The zero-order chi connectivity index (χ0) is 23.8. The maximum atomic E-state index is 13.1. The van der Waals surface area contributed by atoms with Crippen LogP contribution in [0.4, 0.5) is 4.79 Å². The summed E-state index contributed by atoms with van der Waals surface area (Å²) in [4.78, 5) is 38.8. The number of nitrogens with zero attached hydrogens (tertiary/aromatic N) is 1. The molecule has 1 aliphatic carbocycles. The van der Waals surface area contributed by atoms with Crippen LogP contribution in [-0.2, 0) is 14.3 Å². The predicted molar refractivity (Wildman–Crippen MR) is 124 cm³/mol. The molecule has 2 aliphatic rings. The number of amides is 2. The van der Waals surface area contributed by atoms with Crippen LogP contribution < -0.4 is 5.32 Å². The molecule has 2 unspecified atom stereocenters. The number of nitrogens with one attached hydrogen (secondary N) is 1. The van der Waals surface area contributed by atoms with Crippen LogP contribution in [0.15, 0.2) is 48.5 Å². The lowest BCUT2D eigenvalue weighted by Gasteiger charge is -2.27. The highest BCUT2D eigenvalue weighted by Crippen LogP contribution is 2.44. The number of hydrogen-bond donors (Lipinski definition) is 2. The normalized spacial score (nSPS) is 20.3. The summed E-state index contributed by atoms with van der Waals surface area (Å²) in [6.45, 7) is 6.00. The van der Waals surface area contributed by atoms with Crippen molar-refractivity contribution >= 4 is 18.0 Å². The summed E-state index contributed by atoms with van der Waals surface area (Å²) >= 11 is 0. The lowest BCUT2D eigenvalue weighted by Crippen LogP contribution is -2.51. The second-order valence-corrected chi connectivity index (χ2v) is 9.57. The van der Waals surface area contributed by atoms with E-state index in [1.165, 1.54) is 4.90 Å². The van der Waals surface area contributed by atoms with Crippen LogP contribution in [-0.4, -0.2) is 53.7 Å². The third-order valence-electron chi connectivity index (χ3n) is 6.85. The number of ether oxygens (including phenoxy) is 1. The van der Waals surface area contributed by atoms with Crippen LogP contribution in [0, 0.1) is 11.3 Å². The molecule has 2 N–H and O–H groups in total. The van der Waals surface area contributed by atoms with Gasteiger partial charge in [-0.1, -0.05) is 62.4 Å². The molecular weight excluding hydrogens is 420 g/mol. The van der Waals surface area contributed by atoms with Gasteiger partial charge in [0, 0.05) is 19.0 Å². The molecule has 0 radical (unpaired) electrons. The minimum atomic E-state index is -0.957. The van der Waals surface area contributed by atoms with Gasteiger partial charge in [0.05, 0.1) is 5.41 Å². The molecule has 0 spiro atoms. The van der Waals surface area contributed by atoms with Gasteiger partial charge in [-0.05, 0) is 41.5 Å². The first-order valence-electron chi connectivity index (χ1n) is 11.3. The number of carbonyl (C=O) groups excluding carboxylic acids is 2. The molecule has 33 heavy (non-hydrogen) atoms. The Morgan fingerprint density at radius 3 is 2.18 bits per heavy atom. The fraction of sp³-hybridized carbons (Fsp3) is 0.423. The highest BCUT2D eigenvalue weighted by Gasteiger charge is 2.44. The number of carboxylic acid groups (broad SMARTS) is 1. The number of rotatable bonds is 6. The quantitative estimate of drug-likeness (QED) is 0.697. The van der Waals surface area contributed by atoms with E-state index in [4.69, 9.17) is 4.74 Å². The molecule has 1 aliphatic heterocycles. The summed E-state index contributed by atoms with van der Waals surface area (Å²) < 4.78 is 5.60. The topological polar surface area (TPSA) is 95.9 Å². The molecule has 7 nitrogen and oxygen atoms in total. The lowest BCUT2D eigenvalue weighted by atomic mass is 9.90.